The molecule has 0 fully saturated rings. The summed E-state index contributed by atoms with van der Waals surface area (Å²) in [5.74, 6) is -0.00404. The lowest BCUT2D eigenvalue weighted by atomic mass is 10.3. The lowest BCUT2D eigenvalue weighted by Crippen LogP contribution is -2.07. The zero-order valence-corrected chi connectivity index (χ0v) is 11.4. The molecule has 0 unspecified atom stereocenters. The van der Waals surface area contributed by atoms with E-state index >= 15 is 0 Å². The van der Waals surface area contributed by atoms with Crippen molar-refractivity contribution < 1.29 is 9.34 Å². The fourth-order valence-corrected chi connectivity index (χ4v) is 1.50. The molecule has 0 saturated heterocycles. The summed E-state index contributed by atoms with van der Waals surface area (Å²) in [6.07, 6.45) is 1.51. The predicted octanol–water partition coefficient (Wildman–Crippen LogP) is 2.52. The van der Waals surface area contributed by atoms with Crippen molar-refractivity contribution in [2.45, 2.75) is 0 Å². The summed E-state index contributed by atoms with van der Waals surface area (Å²) in [7, 11) is 3.59. The third-order valence-electron chi connectivity index (χ3n) is 2.11. The maximum absolute atomic E-state index is 10.6. The Hall–Kier alpha value is -2.48. The van der Waals surface area contributed by atoms with Crippen LogP contribution in [0.3, 0.4) is 0 Å². The number of rotatable bonds is 4. The van der Waals surface area contributed by atoms with Gasteiger partial charge in [-0.2, -0.15) is 4.98 Å². The Morgan fingerprint density at radius 3 is 2.80 bits per heavy atom. The van der Waals surface area contributed by atoms with Gasteiger partial charge < -0.3 is 9.32 Å². The molecule has 2 rings (SSSR count). The number of hydrogen-bond acceptors (Lipinski definition) is 6. The van der Waals surface area contributed by atoms with Gasteiger partial charge in [0.05, 0.1) is 12.4 Å². The molecule has 2 aromatic rings. The first-order valence-electron chi connectivity index (χ1n) is 5.45. The second-order valence-electron chi connectivity index (χ2n) is 3.98. The van der Waals surface area contributed by atoms with Gasteiger partial charge in [0.1, 0.15) is 15.8 Å². The number of aliphatic imine (C=N–C) groups is 1. The average molecular weight is 296 g/mol. The van der Waals surface area contributed by atoms with Crippen LogP contribution in [0.2, 0.25) is 5.15 Å². The lowest BCUT2D eigenvalue weighted by molar-refractivity contribution is -0.401. The van der Waals surface area contributed by atoms with E-state index in [-0.39, 0.29) is 22.7 Å². The molecule has 0 aliphatic heterocycles. The van der Waals surface area contributed by atoms with Crippen LogP contribution >= 0.6 is 11.6 Å². The molecule has 0 N–H and O–H groups in total. The predicted molar refractivity (Wildman–Crippen MR) is 73.2 cm³/mol. The van der Waals surface area contributed by atoms with Crippen molar-refractivity contribution in [3.63, 3.8) is 0 Å². The van der Waals surface area contributed by atoms with Crippen molar-refractivity contribution >= 4 is 29.8 Å². The van der Waals surface area contributed by atoms with Crippen LogP contribution in [-0.2, 0) is 0 Å². The van der Waals surface area contributed by atoms with Crippen molar-refractivity contribution in [2.24, 2.45) is 4.99 Å². The molecule has 0 amide bonds. The van der Waals surface area contributed by atoms with Gasteiger partial charge in [-0.1, -0.05) is 11.6 Å². The molecule has 9 heteroatoms. The molecule has 0 aromatic carbocycles. The number of nitro groups is 1. The quantitative estimate of drug-likeness (QED) is 0.282. The molecule has 0 atom stereocenters. The molecule has 0 saturated carbocycles. The Kier molecular flexibility index (Phi) is 3.94. The van der Waals surface area contributed by atoms with Crippen LogP contribution in [0.5, 0.6) is 0 Å². The van der Waals surface area contributed by atoms with E-state index in [4.69, 9.17) is 16.0 Å². The minimum Gasteiger partial charge on any atom is -0.399 e. The number of aromatic nitrogens is 2. The van der Waals surface area contributed by atoms with Gasteiger partial charge in [0.2, 0.25) is 0 Å². The van der Waals surface area contributed by atoms with Gasteiger partial charge >= 0.3 is 5.88 Å². The van der Waals surface area contributed by atoms with Crippen LogP contribution in [0.1, 0.15) is 0 Å². The highest BCUT2D eigenvalue weighted by Crippen LogP contribution is 2.27. The van der Waals surface area contributed by atoms with Gasteiger partial charge in [0.15, 0.2) is 5.76 Å². The Balaban J connectivity index is 2.38. The van der Waals surface area contributed by atoms with Gasteiger partial charge in [-0.25, -0.2) is 9.98 Å². The third-order valence-corrected chi connectivity index (χ3v) is 2.31. The standard InChI is InChI=1S/C11H10ClN5O3/c1-16(2)6-13-11-14-7(5-9(12)15-11)8-3-4-10(20-8)17(18)19/h3-6H,1-2H3. The van der Waals surface area contributed by atoms with E-state index in [9.17, 15) is 10.1 Å². The van der Waals surface area contributed by atoms with Crippen molar-refractivity contribution in [1.29, 1.82) is 0 Å². The average Bonchev–Trinajstić information content (AvgIpc) is 2.85. The maximum atomic E-state index is 10.6. The topological polar surface area (TPSA) is 97.7 Å². The van der Waals surface area contributed by atoms with Crippen molar-refractivity contribution in [2.75, 3.05) is 14.1 Å². The fourth-order valence-electron chi connectivity index (χ4n) is 1.32. The lowest BCUT2D eigenvalue weighted by Gasteiger charge is -2.02. The third kappa shape index (κ3) is 3.29. The molecule has 2 aromatic heterocycles. The van der Waals surface area contributed by atoms with E-state index in [1.165, 1.54) is 24.5 Å². The van der Waals surface area contributed by atoms with E-state index in [1.807, 2.05) is 0 Å². The SMILES string of the molecule is CN(C)C=Nc1nc(Cl)cc(-c2ccc([N+](=O)[O-])o2)n1. The minimum atomic E-state index is -0.628. The van der Waals surface area contributed by atoms with Gasteiger partial charge in [-0.05, 0) is 6.07 Å². The second kappa shape index (κ2) is 5.66. The summed E-state index contributed by atoms with van der Waals surface area (Å²) in [4.78, 5) is 23.7. The molecular formula is C11H10ClN5O3. The molecule has 20 heavy (non-hydrogen) atoms. The van der Waals surface area contributed by atoms with E-state index in [0.717, 1.165) is 0 Å². The molecular weight excluding hydrogens is 286 g/mol. The summed E-state index contributed by atoms with van der Waals surface area (Å²) in [5.41, 5.74) is 0.323. The highest BCUT2D eigenvalue weighted by molar-refractivity contribution is 6.29. The van der Waals surface area contributed by atoms with E-state index < -0.39 is 4.92 Å². The first kappa shape index (κ1) is 13.9. The monoisotopic (exact) mass is 295 g/mol. The van der Waals surface area contributed by atoms with Crippen molar-refractivity contribution in [3.8, 4) is 11.5 Å². The van der Waals surface area contributed by atoms with Gasteiger partial charge in [-0.15, -0.1) is 0 Å². The van der Waals surface area contributed by atoms with Crippen LogP contribution in [-0.4, -0.2) is 40.2 Å². The molecule has 8 nitrogen and oxygen atoms in total. The normalized spacial score (nSPS) is 10.9. The largest absolute Gasteiger partial charge is 0.433 e. The van der Waals surface area contributed by atoms with E-state index in [2.05, 4.69) is 15.0 Å². The highest BCUT2D eigenvalue weighted by Gasteiger charge is 2.15. The van der Waals surface area contributed by atoms with Gasteiger partial charge in [0, 0.05) is 20.2 Å². The van der Waals surface area contributed by atoms with E-state index in [1.54, 1.807) is 19.0 Å². The molecule has 0 bridgehead atoms. The van der Waals surface area contributed by atoms with Crippen LogP contribution in [0.25, 0.3) is 11.5 Å². The summed E-state index contributed by atoms with van der Waals surface area (Å²) < 4.78 is 5.06. The smallest absolute Gasteiger partial charge is 0.399 e. The zero-order valence-electron chi connectivity index (χ0n) is 10.6. The van der Waals surface area contributed by atoms with Crippen molar-refractivity contribution in [1.82, 2.24) is 14.9 Å². The summed E-state index contributed by atoms with van der Waals surface area (Å²) in [6.45, 7) is 0. The maximum Gasteiger partial charge on any atom is 0.433 e. The zero-order chi connectivity index (χ0) is 14.7. The first-order chi connectivity index (χ1) is 9.45. The fraction of sp³-hybridized carbons (Fsp3) is 0.182. The van der Waals surface area contributed by atoms with Crippen LogP contribution in [0.4, 0.5) is 11.8 Å². The number of hydrogen-bond donors (Lipinski definition) is 0. The van der Waals surface area contributed by atoms with Crippen LogP contribution < -0.4 is 0 Å². The highest BCUT2D eigenvalue weighted by atomic mass is 35.5. The number of halogens is 1. The number of nitrogens with zero attached hydrogens (tertiary/aromatic N) is 5. The molecule has 0 radical (unpaired) electrons. The van der Waals surface area contributed by atoms with Gasteiger partial charge in [-0.3, -0.25) is 10.1 Å². The molecule has 2 heterocycles. The summed E-state index contributed by atoms with van der Waals surface area (Å²) >= 11 is 5.87. The molecule has 104 valence electrons. The van der Waals surface area contributed by atoms with Crippen molar-refractivity contribution in [3.05, 3.63) is 33.5 Å². The first-order valence-corrected chi connectivity index (χ1v) is 5.83. The summed E-state index contributed by atoms with van der Waals surface area (Å²) in [5, 5.41) is 10.7. The van der Waals surface area contributed by atoms with Crippen LogP contribution in [0, 0.1) is 10.1 Å². The second-order valence-corrected chi connectivity index (χ2v) is 4.37. The summed E-state index contributed by atoms with van der Waals surface area (Å²) in [6, 6.07) is 4.13. The minimum absolute atomic E-state index is 0.139. The molecule has 0 aliphatic rings. The Morgan fingerprint density at radius 1 is 1.45 bits per heavy atom. The Bertz CT molecular complexity index is 668. The molecule has 0 aliphatic carbocycles. The van der Waals surface area contributed by atoms with Crippen LogP contribution in [0.15, 0.2) is 27.6 Å². The Labute approximate surface area is 118 Å². The molecule has 0 spiro atoms. The van der Waals surface area contributed by atoms with E-state index in [0.29, 0.717) is 5.69 Å². The Morgan fingerprint density at radius 2 is 2.20 bits per heavy atom. The van der Waals surface area contributed by atoms with Gasteiger partial charge in [0.25, 0.3) is 5.95 Å². The number of furan rings is 1.